The lowest BCUT2D eigenvalue weighted by molar-refractivity contribution is -0.188. The average Bonchev–Trinajstić information content (AvgIpc) is 2.52. The molecule has 1 aliphatic carbocycles. The average molecular weight is 340 g/mol. The second kappa shape index (κ2) is 8.57. The maximum Gasteiger partial charge on any atom is 0.411 e. The number of hydrogen-bond donors (Lipinski definition) is 0. The van der Waals surface area contributed by atoms with Crippen LogP contribution in [0.4, 0.5) is 13.2 Å². The van der Waals surface area contributed by atoms with Gasteiger partial charge < -0.3 is 14.2 Å². The first-order valence-electron chi connectivity index (χ1n) is 7.59. The lowest BCUT2D eigenvalue weighted by Crippen LogP contribution is -2.32. The summed E-state index contributed by atoms with van der Waals surface area (Å²) >= 11 is 1.73. The summed E-state index contributed by atoms with van der Waals surface area (Å²) in [6.45, 7) is 0.237. The summed E-state index contributed by atoms with van der Waals surface area (Å²) in [5, 5.41) is 0.394. The fraction of sp³-hybridized carbons (Fsp3) is 0.867. The summed E-state index contributed by atoms with van der Waals surface area (Å²) < 4.78 is 52.4. The highest BCUT2D eigenvalue weighted by atomic mass is 32.2. The van der Waals surface area contributed by atoms with Gasteiger partial charge in [-0.2, -0.15) is 24.9 Å². The van der Waals surface area contributed by atoms with Crippen LogP contribution in [0, 0.1) is 5.92 Å². The zero-order valence-electron chi connectivity index (χ0n) is 12.7. The van der Waals surface area contributed by atoms with Crippen LogP contribution in [0.3, 0.4) is 0 Å². The highest BCUT2D eigenvalue weighted by Crippen LogP contribution is 2.29. The van der Waals surface area contributed by atoms with E-state index in [1.165, 1.54) is 0 Å². The van der Waals surface area contributed by atoms with Gasteiger partial charge in [-0.15, -0.1) is 0 Å². The van der Waals surface area contributed by atoms with Crippen molar-refractivity contribution in [3.63, 3.8) is 0 Å². The number of hydrogen-bond acceptors (Lipinski definition) is 4. The summed E-state index contributed by atoms with van der Waals surface area (Å²) in [4.78, 5) is 0. The van der Waals surface area contributed by atoms with Gasteiger partial charge in [-0.25, -0.2) is 0 Å². The second-order valence-corrected chi connectivity index (χ2v) is 6.88. The molecule has 0 N–H and O–H groups in total. The van der Waals surface area contributed by atoms with E-state index < -0.39 is 12.8 Å². The lowest BCUT2D eigenvalue weighted by Gasteiger charge is -2.29. The van der Waals surface area contributed by atoms with E-state index in [2.05, 4.69) is 6.08 Å². The summed E-state index contributed by atoms with van der Waals surface area (Å²) in [6, 6.07) is 0. The number of alkyl halides is 3. The predicted octanol–water partition coefficient (Wildman–Crippen LogP) is 3.78. The fourth-order valence-electron chi connectivity index (χ4n) is 2.66. The Kier molecular flexibility index (Phi) is 7.05. The minimum Gasteiger partial charge on any atom is -0.369 e. The Bertz CT molecular complexity index is 346. The molecule has 1 saturated heterocycles. The molecule has 2 rings (SSSR count). The van der Waals surface area contributed by atoms with E-state index in [1.807, 2.05) is 12.3 Å². The van der Waals surface area contributed by atoms with E-state index in [1.54, 1.807) is 11.8 Å². The zero-order chi connectivity index (χ0) is 16.0. The number of thioether (sulfide) groups is 1. The van der Waals surface area contributed by atoms with Crippen LogP contribution in [-0.2, 0) is 14.2 Å². The molecule has 0 spiro atoms. The topological polar surface area (TPSA) is 27.7 Å². The highest BCUT2D eigenvalue weighted by molar-refractivity contribution is 7.99. The summed E-state index contributed by atoms with van der Waals surface area (Å²) in [7, 11) is 0. The first kappa shape index (κ1) is 18.1. The standard InChI is InChI=1S/C15H23F3O3S/c1-22-13-8-19-14(20-9-13)7-4-11-2-5-12(6-3-11)21-10-15(16,17)18/h4,7,11-14H,2-3,5-6,8-10H2,1H3/b7-4+. The van der Waals surface area contributed by atoms with Crippen LogP contribution >= 0.6 is 11.8 Å². The fourth-order valence-corrected chi connectivity index (χ4v) is 3.08. The molecule has 3 nitrogen and oxygen atoms in total. The maximum atomic E-state index is 12.1. The molecule has 0 aromatic heterocycles. The molecule has 0 aromatic rings. The van der Waals surface area contributed by atoms with Crippen LogP contribution in [0.25, 0.3) is 0 Å². The van der Waals surface area contributed by atoms with Crippen molar-refractivity contribution in [3.05, 3.63) is 12.2 Å². The number of ether oxygens (including phenoxy) is 3. The van der Waals surface area contributed by atoms with E-state index >= 15 is 0 Å². The van der Waals surface area contributed by atoms with Crippen LogP contribution in [-0.4, -0.2) is 49.9 Å². The predicted molar refractivity (Wildman–Crippen MR) is 79.9 cm³/mol. The summed E-state index contributed by atoms with van der Waals surface area (Å²) in [5.41, 5.74) is 0. The zero-order valence-corrected chi connectivity index (χ0v) is 13.5. The SMILES string of the molecule is CSC1COC(/C=C/C2CCC(OCC(F)(F)F)CC2)OC1. The third-order valence-electron chi connectivity index (χ3n) is 3.97. The maximum absolute atomic E-state index is 12.1. The van der Waals surface area contributed by atoms with E-state index in [-0.39, 0.29) is 12.4 Å². The van der Waals surface area contributed by atoms with E-state index in [9.17, 15) is 13.2 Å². The van der Waals surface area contributed by atoms with Crippen LogP contribution in [0.1, 0.15) is 25.7 Å². The molecule has 0 bridgehead atoms. The van der Waals surface area contributed by atoms with Gasteiger partial charge in [0.15, 0.2) is 6.29 Å². The third kappa shape index (κ3) is 6.48. The Hall–Kier alpha value is -0.240. The van der Waals surface area contributed by atoms with Crippen molar-refractivity contribution < 1.29 is 27.4 Å². The molecule has 1 saturated carbocycles. The number of rotatable bonds is 5. The van der Waals surface area contributed by atoms with Crippen LogP contribution < -0.4 is 0 Å². The smallest absolute Gasteiger partial charge is 0.369 e. The lowest BCUT2D eigenvalue weighted by atomic mass is 9.87. The van der Waals surface area contributed by atoms with Crippen molar-refractivity contribution in [2.45, 2.75) is 49.5 Å². The highest BCUT2D eigenvalue weighted by Gasteiger charge is 2.30. The summed E-state index contributed by atoms with van der Waals surface area (Å²) in [5.74, 6) is 0.371. The van der Waals surface area contributed by atoms with Crippen molar-refractivity contribution in [1.29, 1.82) is 0 Å². The molecule has 2 aliphatic rings. The van der Waals surface area contributed by atoms with Gasteiger partial charge in [0, 0.05) is 0 Å². The first-order valence-corrected chi connectivity index (χ1v) is 8.87. The molecule has 128 valence electrons. The molecule has 22 heavy (non-hydrogen) atoms. The monoisotopic (exact) mass is 340 g/mol. The summed E-state index contributed by atoms with van der Waals surface area (Å²) in [6.07, 6.45) is 4.28. The Morgan fingerprint density at radius 3 is 2.27 bits per heavy atom. The normalized spacial score (nSPS) is 34.2. The van der Waals surface area contributed by atoms with Gasteiger partial charge in [0.1, 0.15) is 6.61 Å². The first-order chi connectivity index (χ1) is 10.5. The molecule has 0 radical (unpaired) electrons. The molecule has 1 aliphatic heterocycles. The Morgan fingerprint density at radius 2 is 1.73 bits per heavy atom. The van der Waals surface area contributed by atoms with Gasteiger partial charge in [0.25, 0.3) is 0 Å². The molecule has 1 heterocycles. The van der Waals surface area contributed by atoms with Crippen molar-refractivity contribution in [2.75, 3.05) is 26.1 Å². The molecule has 0 unspecified atom stereocenters. The van der Waals surface area contributed by atoms with Gasteiger partial charge in [0.05, 0.1) is 24.6 Å². The Labute approximate surface area is 133 Å². The molecular formula is C15H23F3O3S. The molecule has 7 heteroatoms. The molecule has 2 fully saturated rings. The van der Waals surface area contributed by atoms with Crippen LogP contribution in [0.5, 0.6) is 0 Å². The number of allylic oxidation sites excluding steroid dienone is 1. The molecule has 0 atom stereocenters. The van der Waals surface area contributed by atoms with Crippen molar-refractivity contribution in [2.24, 2.45) is 5.92 Å². The minimum absolute atomic E-state index is 0.268. The molecule has 0 aromatic carbocycles. The van der Waals surface area contributed by atoms with Crippen molar-refractivity contribution in [3.8, 4) is 0 Å². The van der Waals surface area contributed by atoms with Gasteiger partial charge in [-0.1, -0.05) is 6.08 Å². The van der Waals surface area contributed by atoms with Crippen molar-refractivity contribution >= 4 is 11.8 Å². The Balaban J connectivity index is 1.64. The number of halogens is 3. The quantitative estimate of drug-likeness (QED) is 0.712. The minimum atomic E-state index is -4.24. The molecular weight excluding hydrogens is 317 g/mol. The van der Waals surface area contributed by atoms with E-state index in [4.69, 9.17) is 14.2 Å². The van der Waals surface area contributed by atoms with Crippen LogP contribution in [0.15, 0.2) is 12.2 Å². The van der Waals surface area contributed by atoms with E-state index in [0.717, 1.165) is 12.8 Å². The third-order valence-corrected chi connectivity index (χ3v) is 4.91. The van der Waals surface area contributed by atoms with Crippen molar-refractivity contribution in [1.82, 2.24) is 0 Å². The van der Waals surface area contributed by atoms with Gasteiger partial charge >= 0.3 is 6.18 Å². The van der Waals surface area contributed by atoms with Gasteiger partial charge in [0.2, 0.25) is 0 Å². The van der Waals surface area contributed by atoms with E-state index in [0.29, 0.717) is 37.2 Å². The van der Waals surface area contributed by atoms with Gasteiger partial charge in [-0.3, -0.25) is 0 Å². The molecule has 0 amide bonds. The largest absolute Gasteiger partial charge is 0.411 e. The van der Waals surface area contributed by atoms with Crippen LogP contribution in [0.2, 0.25) is 0 Å². The van der Waals surface area contributed by atoms with Gasteiger partial charge in [-0.05, 0) is 43.9 Å². The second-order valence-electron chi connectivity index (χ2n) is 5.74. The Morgan fingerprint density at radius 1 is 1.09 bits per heavy atom.